The second-order valence-electron chi connectivity index (χ2n) is 5.95. The van der Waals surface area contributed by atoms with Crippen LogP contribution in [0.1, 0.15) is 17.0 Å². The minimum absolute atomic E-state index is 0.0524. The molecule has 0 aliphatic rings. The fraction of sp³-hybridized carbons (Fsp3) is 0.250. The van der Waals surface area contributed by atoms with Crippen molar-refractivity contribution in [3.8, 4) is 0 Å². The molecular weight excluding hydrogens is 461 g/mol. The van der Waals surface area contributed by atoms with Crippen molar-refractivity contribution >= 4 is 43.4 Å². The molecule has 0 amide bonds. The third kappa shape index (κ3) is 3.87. The van der Waals surface area contributed by atoms with Gasteiger partial charge in [-0.15, -0.1) is 0 Å². The van der Waals surface area contributed by atoms with E-state index in [1.807, 2.05) is 0 Å². The van der Waals surface area contributed by atoms with Gasteiger partial charge in [-0.1, -0.05) is 17.7 Å². The maximum atomic E-state index is 14.0. The number of benzene rings is 1. The van der Waals surface area contributed by atoms with E-state index in [0.29, 0.717) is 15.9 Å². The van der Waals surface area contributed by atoms with Gasteiger partial charge in [-0.3, -0.25) is 14.1 Å². The Morgan fingerprint density at radius 3 is 2.59 bits per heavy atom. The molecule has 0 aliphatic carbocycles. The Labute approximate surface area is 169 Å². The van der Waals surface area contributed by atoms with Crippen LogP contribution in [0.15, 0.2) is 33.8 Å². The Bertz CT molecular complexity index is 1110. The van der Waals surface area contributed by atoms with E-state index in [9.17, 15) is 12.8 Å². The van der Waals surface area contributed by atoms with Crippen molar-refractivity contribution in [3.63, 3.8) is 0 Å². The van der Waals surface area contributed by atoms with Crippen molar-refractivity contribution < 1.29 is 12.8 Å². The Morgan fingerprint density at radius 1 is 1.30 bits per heavy atom. The quantitative estimate of drug-likeness (QED) is 0.609. The van der Waals surface area contributed by atoms with Gasteiger partial charge >= 0.3 is 0 Å². The Balaban J connectivity index is 1.91. The standard InChI is InChI=1S/C16H16BrClFN5O2S/c1-9-15(10(2)23(3)20-9)27(25,26)22-16-12(17)8-24(21-16)7-11-13(18)5-4-6-14(11)19/h4-6,8H,7H2,1-3H3,(H,21,22). The van der Waals surface area contributed by atoms with Crippen molar-refractivity contribution in [1.29, 1.82) is 0 Å². The lowest BCUT2D eigenvalue weighted by Crippen LogP contribution is -2.16. The second kappa shape index (κ2) is 7.25. The average Bonchev–Trinajstić information content (AvgIpc) is 3.02. The highest BCUT2D eigenvalue weighted by molar-refractivity contribution is 9.10. The monoisotopic (exact) mass is 475 g/mol. The zero-order valence-corrected chi connectivity index (χ0v) is 17.8. The fourth-order valence-corrected chi connectivity index (χ4v) is 4.94. The van der Waals surface area contributed by atoms with Crippen LogP contribution in [0.3, 0.4) is 0 Å². The highest BCUT2D eigenvalue weighted by atomic mass is 79.9. The summed E-state index contributed by atoms with van der Waals surface area (Å²) < 4.78 is 45.3. The lowest BCUT2D eigenvalue weighted by molar-refractivity contribution is 0.585. The first kappa shape index (κ1) is 19.8. The van der Waals surface area contributed by atoms with E-state index >= 15 is 0 Å². The van der Waals surface area contributed by atoms with Crippen molar-refractivity contribution in [1.82, 2.24) is 19.6 Å². The smallest absolute Gasteiger partial charge is 0.266 e. The van der Waals surface area contributed by atoms with Crippen molar-refractivity contribution in [3.05, 3.63) is 56.7 Å². The molecule has 0 fully saturated rings. The third-order valence-corrected chi connectivity index (χ3v) is 6.57. The lowest BCUT2D eigenvalue weighted by Gasteiger charge is -2.07. The number of aromatic nitrogens is 4. The minimum Gasteiger partial charge on any atom is -0.271 e. The van der Waals surface area contributed by atoms with Crippen LogP contribution in [-0.2, 0) is 23.6 Å². The molecular formula is C16H16BrClFN5O2S. The normalized spacial score (nSPS) is 11.8. The summed E-state index contributed by atoms with van der Waals surface area (Å²) in [6.07, 6.45) is 1.55. The van der Waals surface area contributed by atoms with E-state index in [2.05, 4.69) is 30.8 Å². The molecule has 11 heteroatoms. The number of hydrogen-bond donors (Lipinski definition) is 1. The van der Waals surface area contributed by atoms with Gasteiger partial charge in [0.1, 0.15) is 10.7 Å². The lowest BCUT2D eigenvalue weighted by atomic mass is 10.2. The zero-order chi connectivity index (χ0) is 19.9. The van der Waals surface area contributed by atoms with Gasteiger partial charge in [-0.25, -0.2) is 12.8 Å². The van der Waals surface area contributed by atoms with Crippen LogP contribution < -0.4 is 4.72 Å². The van der Waals surface area contributed by atoms with Gasteiger partial charge in [0.25, 0.3) is 10.0 Å². The Hall–Kier alpha value is -1.91. The SMILES string of the molecule is Cc1nn(C)c(C)c1S(=O)(=O)Nc1nn(Cc2c(F)cccc2Cl)cc1Br. The highest BCUT2D eigenvalue weighted by Gasteiger charge is 2.25. The fourth-order valence-electron chi connectivity index (χ4n) is 2.71. The van der Waals surface area contributed by atoms with E-state index in [0.717, 1.165) is 0 Å². The first-order chi connectivity index (χ1) is 12.6. The molecule has 0 aliphatic heterocycles. The number of rotatable bonds is 5. The molecule has 1 aromatic carbocycles. The summed E-state index contributed by atoms with van der Waals surface area (Å²) in [5.74, 6) is -0.372. The maximum Gasteiger partial charge on any atom is 0.266 e. The number of aryl methyl sites for hydroxylation is 2. The summed E-state index contributed by atoms with van der Waals surface area (Å²) >= 11 is 9.31. The molecule has 2 heterocycles. The number of hydrogen-bond acceptors (Lipinski definition) is 4. The van der Waals surface area contributed by atoms with E-state index in [4.69, 9.17) is 11.6 Å². The predicted octanol–water partition coefficient (Wildman–Crippen LogP) is 3.64. The number of nitrogens with zero attached hydrogens (tertiary/aromatic N) is 4. The summed E-state index contributed by atoms with van der Waals surface area (Å²) in [5.41, 5.74) is 1.16. The van der Waals surface area contributed by atoms with Crippen LogP contribution in [0.5, 0.6) is 0 Å². The molecule has 0 saturated carbocycles. The molecule has 144 valence electrons. The van der Waals surface area contributed by atoms with Gasteiger partial charge < -0.3 is 0 Å². The van der Waals surface area contributed by atoms with Gasteiger partial charge in [-0.05, 0) is 41.9 Å². The van der Waals surface area contributed by atoms with Gasteiger partial charge in [0.05, 0.1) is 22.4 Å². The molecule has 0 atom stereocenters. The number of nitrogens with one attached hydrogen (secondary N) is 1. The molecule has 1 N–H and O–H groups in total. The Kier molecular flexibility index (Phi) is 5.33. The minimum atomic E-state index is -3.89. The molecule has 3 aromatic rings. The Morgan fingerprint density at radius 2 is 2.00 bits per heavy atom. The van der Waals surface area contributed by atoms with E-state index in [1.54, 1.807) is 33.2 Å². The first-order valence-electron chi connectivity index (χ1n) is 7.79. The molecule has 7 nitrogen and oxygen atoms in total. The summed E-state index contributed by atoms with van der Waals surface area (Å²) in [4.78, 5) is 0.101. The van der Waals surface area contributed by atoms with Crippen molar-refractivity contribution in [2.75, 3.05) is 4.72 Å². The van der Waals surface area contributed by atoms with Crippen LogP contribution in [-0.4, -0.2) is 28.0 Å². The van der Waals surface area contributed by atoms with Crippen LogP contribution in [0.4, 0.5) is 10.2 Å². The van der Waals surface area contributed by atoms with Crippen LogP contribution >= 0.6 is 27.5 Å². The largest absolute Gasteiger partial charge is 0.271 e. The number of halogens is 3. The predicted molar refractivity (Wildman–Crippen MR) is 104 cm³/mol. The molecule has 27 heavy (non-hydrogen) atoms. The van der Waals surface area contributed by atoms with Gasteiger partial charge in [0.2, 0.25) is 0 Å². The highest BCUT2D eigenvalue weighted by Crippen LogP contribution is 2.27. The third-order valence-electron chi connectivity index (χ3n) is 4.04. The van der Waals surface area contributed by atoms with Gasteiger partial charge in [0.15, 0.2) is 5.82 Å². The van der Waals surface area contributed by atoms with Gasteiger partial charge in [-0.2, -0.15) is 10.2 Å². The van der Waals surface area contributed by atoms with E-state index in [1.165, 1.54) is 21.5 Å². The van der Waals surface area contributed by atoms with Crippen molar-refractivity contribution in [2.45, 2.75) is 25.3 Å². The molecule has 0 spiro atoms. The molecule has 0 bridgehead atoms. The molecule has 3 rings (SSSR count). The molecule has 0 unspecified atom stereocenters. The molecule has 0 saturated heterocycles. The van der Waals surface area contributed by atoms with Crippen LogP contribution in [0, 0.1) is 19.7 Å². The topological polar surface area (TPSA) is 81.8 Å². The van der Waals surface area contributed by atoms with Crippen LogP contribution in [0.25, 0.3) is 0 Å². The molecule has 2 aromatic heterocycles. The van der Waals surface area contributed by atoms with Gasteiger partial charge in [0, 0.05) is 23.8 Å². The molecule has 0 radical (unpaired) electrons. The zero-order valence-electron chi connectivity index (χ0n) is 14.7. The summed E-state index contributed by atoms with van der Waals surface area (Å²) in [5, 5.41) is 8.59. The van der Waals surface area contributed by atoms with E-state index in [-0.39, 0.29) is 27.8 Å². The number of sulfonamides is 1. The summed E-state index contributed by atoms with van der Waals surface area (Å²) in [7, 11) is -2.22. The summed E-state index contributed by atoms with van der Waals surface area (Å²) in [6, 6.07) is 4.39. The number of anilines is 1. The maximum absolute atomic E-state index is 14.0. The van der Waals surface area contributed by atoms with Crippen LogP contribution in [0.2, 0.25) is 5.02 Å². The second-order valence-corrected chi connectivity index (χ2v) is 8.83. The summed E-state index contributed by atoms with van der Waals surface area (Å²) in [6.45, 7) is 3.34. The van der Waals surface area contributed by atoms with E-state index < -0.39 is 15.8 Å². The van der Waals surface area contributed by atoms with Crippen molar-refractivity contribution in [2.24, 2.45) is 7.05 Å². The first-order valence-corrected chi connectivity index (χ1v) is 10.4. The average molecular weight is 477 g/mol.